The third-order valence-electron chi connectivity index (χ3n) is 2.85. The smallest absolute Gasteiger partial charge is 0.0991 e. The van der Waals surface area contributed by atoms with Crippen molar-refractivity contribution < 1.29 is 5.11 Å². The van der Waals surface area contributed by atoms with Gasteiger partial charge in [-0.1, -0.05) is 26.0 Å². The summed E-state index contributed by atoms with van der Waals surface area (Å²) in [4.78, 5) is 4.01. The van der Waals surface area contributed by atoms with E-state index in [-0.39, 0.29) is 12.0 Å². The number of benzene rings is 1. The summed E-state index contributed by atoms with van der Waals surface area (Å²) in [6.45, 7) is 4.20. The molecule has 84 valence electrons. The van der Waals surface area contributed by atoms with Crippen LogP contribution in [0, 0.1) is 0 Å². The van der Waals surface area contributed by atoms with Gasteiger partial charge in [0.05, 0.1) is 12.9 Å². The monoisotopic (exact) mass is 216 g/mol. The Morgan fingerprint density at radius 2 is 1.94 bits per heavy atom. The summed E-state index contributed by atoms with van der Waals surface area (Å²) < 4.78 is 1.95. The van der Waals surface area contributed by atoms with Crippen molar-refractivity contribution in [3.8, 4) is 5.69 Å². The van der Waals surface area contributed by atoms with Crippen molar-refractivity contribution in [2.45, 2.75) is 19.3 Å². The minimum absolute atomic E-state index is 0.150. The lowest BCUT2D eigenvalue weighted by molar-refractivity contribution is 0.218. The number of nitrogens with zero attached hydrogens (tertiary/aromatic N) is 2. The van der Waals surface area contributed by atoms with Crippen molar-refractivity contribution in [1.82, 2.24) is 9.55 Å². The lowest BCUT2D eigenvalue weighted by Gasteiger charge is -2.22. The molecule has 2 aromatic rings. The van der Waals surface area contributed by atoms with Gasteiger partial charge >= 0.3 is 0 Å². The molecule has 2 rings (SSSR count). The van der Waals surface area contributed by atoms with Gasteiger partial charge in [-0.2, -0.15) is 0 Å². The molecule has 0 atom stereocenters. The summed E-state index contributed by atoms with van der Waals surface area (Å²) in [7, 11) is 0. The van der Waals surface area contributed by atoms with Gasteiger partial charge in [0.1, 0.15) is 0 Å². The minimum atomic E-state index is -0.187. The molecule has 0 fully saturated rings. The third kappa shape index (κ3) is 1.99. The standard InChI is InChI=1S/C13H16N2O/c1-13(2,9-16)11-3-5-12(6-4-11)15-8-7-14-10-15/h3-8,10,16H,9H2,1-2H3. The number of aliphatic hydroxyl groups is 1. The molecule has 0 radical (unpaired) electrons. The van der Waals surface area contributed by atoms with E-state index in [1.807, 2.05) is 48.9 Å². The van der Waals surface area contributed by atoms with Crippen molar-refractivity contribution in [2.24, 2.45) is 0 Å². The molecule has 1 aromatic heterocycles. The van der Waals surface area contributed by atoms with Gasteiger partial charge in [-0.3, -0.25) is 0 Å². The molecule has 0 aliphatic carbocycles. The van der Waals surface area contributed by atoms with Crippen molar-refractivity contribution in [3.05, 3.63) is 48.5 Å². The quantitative estimate of drug-likeness (QED) is 0.853. The van der Waals surface area contributed by atoms with Gasteiger partial charge in [-0.05, 0) is 17.7 Å². The normalized spacial score (nSPS) is 11.7. The number of imidazole rings is 1. The van der Waals surface area contributed by atoms with Crippen molar-refractivity contribution in [2.75, 3.05) is 6.61 Å². The maximum atomic E-state index is 9.29. The van der Waals surface area contributed by atoms with E-state index in [2.05, 4.69) is 4.98 Å². The molecule has 0 saturated carbocycles. The Hall–Kier alpha value is -1.61. The predicted octanol–water partition coefficient (Wildman–Crippen LogP) is 2.14. The Labute approximate surface area is 95.4 Å². The molecule has 0 amide bonds. The van der Waals surface area contributed by atoms with Crippen LogP contribution in [0.5, 0.6) is 0 Å². The van der Waals surface area contributed by atoms with E-state index >= 15 is 0 Å². The topological polar surface area (TPSA) is 38.0 Å². The molecule has 3 nitrogen and oxygen atoms in total. The average Bonchev–Trinajstić information content (AvgIpc) is 2.83. The van der Waals surface area contributed by atoms with Crippen LogP contribution in [-0.4, -0.2) is 21.3 Å². The molecule has 1 aromatic carbocycles. The van der Waals surface area contributed by atoms with E-state index in [9.17, 15) is 5.11 Å². The Morgan fingerprint density at radius 3 is 2.44 bits per heavy atom. The molecular weight excluding hydrogens is 200 g/mol. The van der Waals surface area contributed by atoms with Crippen LogP contribution in [0.15, 0.2) is 43.0 Å². The van der Waals surface area contributed by atoms with Gasteiger partial charge in [0.15, 0.2) is 0 Å². The van der Waals surface area contributed by atoms with Crippen LogP contribution in [0.3, 0.4) is 0 Å². The number of hydrogen-bond donors (Lipinski definition) is 1. The number of rotatable bonds is 3. The van der Waals surface area contributed by atoms with Gasteiger partial charge in [-0.15, -0.1) is 0 Å². The average molecular weight is 216 g/mol. The van der Waals surface area contributed by atoms with Crippen molar-refractivity contribution in [1.29, 1.82) is 0 Å². The molecule has 0 unspecified atom stereocenters. The molecule has 0 saturated heterocycles. The van der Waals surface area contributed by atoms with Crippen LogP contribution < -0.4 is 0 Å². The Bertz CT molecular complexity index is 443. The lowest BCUT2D eigenvalue weighted by Crippen LogP contribution is -2.21. The first-order valence-electron chi connectivity index (χ1n) is 5.33. The van der Waals surface area contributed by atoms with Crippen LogP contribution in [-0.2, 0) is 5.41 Å². The molecule has 0 bridgehead atoms. The van der Waals surface area contributed by atoms with Gasteiger partial charge < -0.3 is 9.67 Å². The Morgan fingerprint density at radius 1 is 1.25 bits per heavy atom. The Kier molecular flexibility index (Phi) is 2.79. The fraction of sp³-hybridized carbons (Fsp3) is 0.308. The predicted molar refractivity (Wildman–Crippen MR) is 63.7 cm³/mol. The lowest BCUT2D eigenvalue weighted by atomic mass is 9.85. The fourth-order valence-corrected chi connectivity index (χ4v) is 1.59. The fourth-order valence-electron chi connectivity index (χ4n) is 1.59. The largest absolute Gasteiger partial charge is 0.395 e. The zero-order valence-electron chi connectivity index (χ0n) is 9.59. The van der Waals surface area contributed by atoms with Crippen molar-refractivity contribution >= 4 is 0 Å². The SMILES string of the molecule is CC(C)(CO)c1ccc(-n2ccnc2)cc1. The molecule has 1 heterocycles. The van der Waals surface area contributed by atoms with Gasteiger partial charge in [0.25, 0.3) is 0 Å². The van der Waals surface area contributed by atoms with E-state index in [0.29, 0.717) is 0 Å². The number of hydrogen-bond acceptors (Lipinski definition) is 2. The van der Waals surface area contributed by atoms with Gasteiger partial charge in [-0.25, -0.2) is 4.98 Å². The molecule has 0 aliphatic rings. The summed E-state index contributed by atoms with van der Waals surface area (Å²) in [5.74, 6) is 0. The summed E-state index contributed by atoms with van der Waals surface area (Å²) in [5.41, 5.74) is 2.03. The molecule has 0 aliphatic heterocycles. The van der Waals surface area contributed by atoms with E-state index in [4.69, 9.17) is 0 Å². The first-order valence-corrected chi connectivity index (χ1v) is 5.33. The highest BCUT2D eigenvalue weighted by Gasteiger charge is 2.18. The van der Waals surface area contributed by atoms with Crippen LogP contribution in [0.1, 0.15) is 19.4 Å². The van der Waals surface area contributed by atoms with Crippen LogP contribution in [0.2, 0.25) is 0 Å². The van der Waals surface area contributed by atoms with Crippen LogP contribution in [0.25, 0.3) is 5.69 Å². The van der Waals surface area contributed by atoms with Crippen LogP contribution in [0.4, 0.5) is 0 Å². The summed E-state index contributed by atoms with van der Waals surface area (Å²) in [6, 6.07) is 8.17. The zero-order valence-corrected chi connectivity index (χ0v) is 9.59. The maximum Gasteiger partial charge on any atom is 0.0991 e. The number of aliphatic hydroxyl groups excluding tert-OH is 1. The van der Waals surface area contributed by atoms with E-state index in [1.165, 1.54) is 0 Å². The first kappa shape index (κ1) is 10.9. The molecule has 16 heavy (non-hydrogen) atoms. The summed E-state index contributed by atoms with van der Waals surface area (Å²) >= 11 is 0. The van der Waals surface area contributed by atoms with Crippen molar-refractivity contribution in [3.63, 3.8) is 0 Å². The highest BCUT2D eigenvalue weighted by atomic mass is 16.3. The highest BCUT2D eigenvalue weighted by molar-refractivity contribution is 5.37. The zero-order chi connectivity index (χ0) is 11.6. The third-order valence-corrected chi connectivity index (χ3v) is 2.85. The minimum Gasteiger partial charge on any atom is -0.395 e. The molecule has 0 spiro atoms. The van der Waals surface area contributed by atoms with E-state index in [1.54, 1.807) is 12.5 Å². The van der Waals surface area contributed by atoms with Gasteiger partial charge in [0.2, 0.25) is 0 Å². The summed E-state index contributed by atoms with van der Waals surface area (Å²) in [6.07, 6.45) is 5.43. The molecule has 3 heteroatoms. The highest BCUT2D eigenvalue weighted by Crippen LogP contribution is 2.23. The van der Waals surface area contributed by atoms with Crippen LogP contribution >= 0.6 is 0 Å². The first-order chi connectivity index (χ1) is 7.63. The molecular formula is C13H16N2O. The Balaban J connectivity index is 2.30. The second-order valence-corrected chi connectivity index (χ2v) is 4.56. The maximum absolute atomic E-state index is 9.29. The summed E-state index contributed by atoms with van der Waals surface area (Å²) in [5, 5.41) is 9.29. The van der Waals surface area contributed by atoms with Gasteiger partial charge in [0, 0.05) is 23.5 Å². The van der Waals surface area contributed by atoms with E-state index < -0.39 is 0 Å². The second kappa shape index (κ2) is 4.10. The second-order valence-electron chi connectivity index (χ2n) is 4.56. The molecule has 1 N–H and O–H groups in total. The number of aromatic nitrogens is 2. The van der Waals surface area contributed by atoms with E-state index in [0.717, 1.165) is 11.3 Å².